The van der Waals surface area contributed by atoms with Gasteiger partial charge in [-0.2, -0.15) is 11.8 Å². The summed E-state index contributed by atoms with van der Waals surface area (Å²) in [6.45, 7) is 2.06. The van der Waals surface area contributed by atoms with Gasteiger partial charge in [-0.05, 0) is 37.2 Å². The van der Waals surface area contributed by atoms with Crippen LogP contribution in [0, 0.1) is 5.92 Å². The molecule has 104 valence electrons. The predicted molar refractivity (Wildman–Crippen MR) is 72.9 cm³/mol. The molecule has 1 heterocycles. The molecule has 1 aliphatic rings. The van der Waals surface area contributed by atoms with Crippen molar-refractivity contribution in [1.29, 1.82) is 0 Å². The minimum atomic E-state index is -0.741. The van der Waals surface area contributed by atoms with Crippen molar-refractivity contribution in [2.75, 3.05) is 31.6 Å². The van der Waals surface area contributed by atoms with Crippen LogP contribution in [-0.4, -0.2) is 53.6 Å². The molecule has 2 N–H and O–H groups in total. The molecule has 1 aliphatic heterocycles. The molecular weight excluding hydrogens is 252 g/mol. The monoisotopic (exact) mass is 274 g/mol. The second-order valence-electron chi connectivity index (χ2n) is 4.61. The van der Waals surface area contributed by atoms with E-state index >= 15 is 0 Å². The van der Waals surface area contributed by atoms with Crippen LogP contribution in [-0.2, 0) is 4.79 Å². The van der Waals surface area contributed by atoms with E-state index in [4.69, 9.17) is 5.11 Å². The highest BCUT2D eigenvalue weighted by Gasteiger charge is 2.23. The van der Waals surface area contributed by atoms with E-state index in [9.17, 15) is 9.59 Å². The normalized spacial score (nSPS) is 16.6. The van der Waals surface area contributed by atoms with E-state index in [-0.39, 0.29) is 18.4 Å². The van der Waals surface area contributed by atoms with Crippen molar-refractivity contribution in [3.8, 4) is 0 Å². The summed E-state index contributed by atoms with van der Waals surface area (Å²) in [7, 11) is 0. The molecular formula is C12H22N2O3S. The topological polar surface area (TPSA) is 69.6 Å². The minimum Gasteiger partial charge on any atom is -0.481 e. The van der Waals surface area contributed by atoms with Crippen LogP contribution in [0.15, 0.2) is 0 Å². The first kappa shape index (κ1) is 15.1. The number of carbonyl (C=O) groups is 2. The molecule has 0 unspecified atom stereocenters. The highest BCUT2D eigenvalue weighted by Crippen LogP contribution is 2.20. The van der Waals surface area contributed by atoms with E-state index in [1.165, 1.54) is 0 Å². The van der Waals surface area contributed by atoms with Crippen molar-refractivity contribution >= 4 is 23.8 Å². The molecule has 0 aromatic rings. The van der Waals surface area contributed by atoms with Crippen LogP contribution in [0.4, 0.5) is 4.79 Å². The highest BCUT2D eigenvalue weighted by atomic mass is 32.2. The molecule has 6 heteroatoms. The summed E-state index contributed by atoms with van der Waals surface area (Å²) in [6.07, 6.45) is 4.86. The maximum absolute atomic E-state index is 11.8. The first-order valence-electron chi connectivity index (χ1n) is 6.37. The first-order chi connectivity index (χ1) is 8.63. The number of carbonyl (C=O) groups excluding carboxylic acids is 1. The fourth-order valence-corrected chi connectivity index (χ4v) is 2.54. The number of aliphatic carboxylic acids is 1. The lowest BCUT2D eigenvalue weighted by atomic mass is 9.94. The number of thioether (sulfide) groups is 1. The number of rotatable bonds is 6. The van der Waals surface area contributed by atoms with E-state index in [1.807, 2.05) is 0 Å². The number of likely N-dealkylation sites (tertiary alicyclic amines) is 1. The second-order valence-corrected chi connectivity index (χ2v) is 5.59. The van der Waals surface area contributed by atoms with Crippen molar-refractivity contribution in [3.05, 3.63) is 0 Å². The standard InChI is InChI=1S/C12H22N2O3S/c1-18-8-2-5-13-12(17)14-6-3-10(4-7-14)9-11(15)16/h10H,2-9H2,1H3,(H,13,17)(H,15,16). The number of nitrogens with one attached hydrogen (secondary N) is 1. The maximum Gasteiger partial charge on any atom is 0.317 e. The Morgan fingerprint density at radius 1 is 1.39 bits per heavy atom. The Bertz CT molecular complexity index is 278. The number of nitrogens with zero attached hydrogens (tertiary/aromatic N) is 1. The number of piperidine rings is 1. The number of hydrogen-bond acceptors (Lipinski definition) is 3. The van der Waals surface area contributed by atoms with Crippen molar-refractivity contribution in [2.45, 2.75) is 25.7 Å². The third-order valence-corrected chi connectivity index (χ3v) is 3.86. The van der Waals surface area contributed by atoms with Crippen LogP contribution in [0.2, 0.25) is 0 Å². The average molecular weight is 274 g/mol. The Kier molecular flexibility index (Phi) is 6.93. The van der Waals surface area contributed by atoms with Gasteiger partial charge in [0.05, 0.1) is 0 Å². The lowest BCUT2D eigenvalue weighted by Gasteiger charge is -2.31. The summed E-state index contributed by atoms with van der Waals surface area (Å²) < 4.78 is 0. The van der Waals surface area contributed by atoms with Crippen LogP contribution in [0.1, 0.15) is 25.7 Å². The lowest BCUT2D eigenvalue weighted by Crippen LogP contribution is -2.45. The first-order valence-corrected chi connectivity index (χ1v) is 7.76. The molecule has 0 aliphatic carbocycles. The highest BCUT2D eigenvalue weighted by molar-refractivity contribution is 7.98. The van der Waals surface area contributed by atoms with Crippen molar-refractivity contribution < 1.29 is 14.7 Å². The number of urea groups is 1. The number of carboxylic acids is 1. The van der Waals surface area contributed by atoms with Crippen LogP contribution in [0.25, 0.3) is 0 Å². The zero-order valence-corrected chi connectivity index (χ0v) is 11.7. The Labute approximate surface area is 112 Å². The summed E-state index contributed by atoms with van der Waals surface area (Å²) in [4.78, 5) is 24.2. The maximum atomic E-state index is 11.8. The summed E-state index contributed by atoms with van der Waals surface area (Å²) in [5.41, 5.74) is 0. The summed E-state index contributed by atoms with van der Waals surface area (Å²) in [6, 6.07) is -0.00937. The summed E-state index contributed by atoms with van der Waals surface area (Å²) >= 11 is 1.77. The second kappa shape index (κ2) is 8.24. The van der Waals surface area contributed by atoms with Crippen LogP contribution in [0.5, 0.6) is 0 Å². The van der Waals surface area contributed by atoms with Gasteiger partial charge in [-0.15, -0.1) is 0 Å². The third kappa shape index (κ3) is 5.62. The minimum absolute atomic E-state index is 0.00937. The molecule has 0 spiro atoms. The van der Waals surface area contributed by atoms with Gasteiger partial charge in [-0.1, -0.05) is 0 Å². The molecule has 0 bridgehead atoms. The molecule has 0 atom stereocenters. The Morgan fingerprint density at radius 2 is 2.06 bits per heavy atom. The molecule has 1 rings (SSSR count). The predicted octanol–water partition coefficient (Wildman–Crippen LogP) is 1.64. The van der Waals surface area contributed by atoms with Gasteiger partial charge in [0.25, 0.3) is 0 Å². The molecule has 1 saturated heterocycles. The molecule has 5 nitrogen and oxygen atoms in total. The SMILES string of the molecule is CSCCCNC(=O)N1CCC(CC(=O)O)CC1. The van der Waals surface area contributed by atoms with Gasteiger partial charge in [0.15, 0.2) is 0 Å². The van der Waals surface area contributed by atoms with E-state index in [0.29, 0.717) is 19.6 Å². The van der Waals surface area contributed by atoms with E-state index in [1.54, 1.807) is 16.7 Å². The molecule has 2 amide bonds. The zero-order chi connectivity index (χ0) is 13.4. The van der Waals surface area contributed by atoms with Gasteiger partial charge < -0.3 is 15.3 Å². The van der Waals surface area contributed by atoms with Crippen molar-refractivity contribution in [2.24, 2.45) is 5.92 Å². The molecule has 0 aromatic heterocycles. The largest absolute Gasteiger partial charge is 0.481 e. The van der Waals surface area contributed by atoms with Crippen molar-refractivity contribution in [1.82, 2.24) is 10.2 Å². The lowest BCUT2D eigenvalue weighted by molar-refractivity contribution is -0.138. The quantitative estimate of drug-likeness (QED) is 0.722. The number of hydrogen-bond donors (Lipinski definition) is 2. The molecule has 0 aromatic carbocycles. The van der Waals surface area contributed by atoms with Crippen molar-refractivity contribution in [3.63, 3.8) is 0 Å². The van der Waals surface area contributed by atoms with Crippen LogP contribution < -0.4 is 5.32 Å². The Balaban J connectivity index is 2.17. The van der Waals surface area contributed by atoms with Crippen LogP contribution in [0.3, 0.4) is 0 Å². The van der Waals surface area contributed by atoms with Gasteiger partial charge in [0, 0.05) is 26.1 Å². The molecule has 1 fully saturated rings. The Morgan fingerprint density at radius 3 is 2.61 bits per heavy atom. The summed E-state index contributed by atoms with van der Waals surface area (Å²) in [5, 5.41) is 11.6. The fraction of sp³-hybridized carbons (Fsp3) is 0.833. The number of carboxylic acid groups (broad SMARTS) is 1. The third-order valence-electron chi connectivity index (χ3n) is 3.17. The van der Waals surface area contributed by atoms with E-state index < -0.39 is 5.97 Å². The Hall–Kier alpha value is -0.910. The molecule has 0 saturated carbocycles. The number of amides is 2. The smallest absolute Gasteiger partial charge is 0.317 e. The molecule has 0 radical (unpaired) electrons. The zero-order valence-electron chi connectivity index (χ0n) is 10.9. The van der Waals surface area contributed by atoms with Gasteiger partial charge in [-0.25, -0.2) is 4.79 Å². The van der Waals surface area contributed by atoms with Gasteiger partial charge >= 0.3 is 12.0 Å². The fourth-order valence-electron chi connectivity index (χ4n) is 2.11. The van der Waals surface area contributed by atoms with Gasteiger partial charge in [0.2, 0.25) is 0 Å². The summed E-state index contributed by atoms with van der Waals surface area (Å²) in [5.74, 6) is 0.541. The van der Waals surface area contributed by atoms with E-state index in [0.717, 1.165) is 25.0 Å². The molecule has 18 heavy (non-hydrogen) atoms. The van der Waals surface area contributed by atoms with E-state index in [2.05, 4.69) is 11.6 Å². The van der Waals surface area contributed by atoms with Gasteiger partial charge in [0.1, 0.15) is 0 Å². The van der Waals surface area contributed by atoms with Gasteiger partial charge in [-0.3, -0.25) is 4.79 Å². The van der Waals surface area contributed by atoms with Crippen LogP contribution >= 0.6 is 11.8 Å². The average Bonchev–Trinajstić information content (AvgIpc) is 2.34.